The molecule has 1 heterocycles. The third-order valence-corrected chi connectivity index (χ3v) is 4.03. The van der Waals surface area contributed by atoms with Crippen LogP contribution >= 0.6 is 11.3 Å². The van der Waals surface area contributed by atoms with E-state index >= 15 is 0 Å². The molecule has 1 aromatic carbocycles. The smallest absolute Gasteiger partial charge is 0.316 e. The number of anilines is 2. The van der Waals surface area contributed by atoms with E-state index in [-0.39, 0.29) is 6.04 Å². The standard InChI is InChI=1S/C14H17N3OS/c1-9-7-8-19-13(9)10(2)16-11-3-5-12(6-4-11)17-14(15)18/h3-8,10,16H,1-2H3,(H3,15,17,18). The van der Waals surface area contributed by atoms with Crippen LogP contribution in [0.4, 0.5) is 16.2 Å². The molecule has 0 saturated heterocycles. The molecule has 100 valence electrons. The second-order valence-electron chi connectivity index (χ2n) is 4.40. The zero-order valence-corrected chi connectivity index (χ0v) is 11.8. The van der Waals surface area contributed by atoms with Crippen LogP contribution in [-0.4, -0.2) is 6.03 Å². The molecule has 0 bridgehead atoms. The molecule has 2 aromatic rings. The van der Waals surface area contributed by atoms with Gasteiger partial charge in [0.05, 0.1) is 6.04 Å². The second-order valence-corrected chi connectivity index (χ2v) is 5.35. The molecular formula is C14H17N3OS. The first kappa shape index (κ1) is 13.4. The highest BCUT2D eigenvalue weighted by Crippen LogP contribution is 2.27. The number of rotatable bonds is 4. The summed E-state index contributed by atoms with van der Waals surface area (Å²) < 4.78 is 0. The number of hydrogen-bond donors (Lipinski definition) is 3. The summed E-state index contributed by atoms with van der Waals surface area (Å²) in [5, 5.41) is 8.07. The number of amides is 2. The predicted octanol–water partition coefficient (Wildman–Crippen LogP) is 3.72. The van der Waals surface area contributed by atoms with E-state index in [4.69, 9.17) is 5.73 Å². The Bertz CT molecular complexity index is 562. The summed E-state index contributed by atoms with van der Waals surface area (Å²) in [6, 6.07) is 9.31. The summed E-state index contributed by atoms with van der Waals surface area (Å²) in [5.74, 6) is 0. The van der Waals surface area contributed by atoms with E-state index < -0.39 is 6.03 Å². The van der Waals surface area contributed by atoms with Crippen LogP contribution in [-0.2, 0) is 0 Å². The molecule has 1 unspecified atom stereocenters. The van der Waals surface area contributed by atoms with Crippen molar-refractivity contribution in [2.24, 2.45) is 5.73 Å². The normalized spacial score (nSPS) is 11.9. The van der Waals surface area contributed by atoms with Crippen LogP contribution in [0.3, 0.4) is 0 Å². The van der Waals surface area contributed by atoms with Gasteiger partial charge in [0.25, 0.3) is 0 Å². The van der Waals surface area contributed by atoms with Crippen molar-refractivity contribution in [2.45, 2.75) is 19.9 Å². The van der Waals surface area contributed by atoms with Crippen molar-refractivity contribution in [1.82, 2.24) is 0 Å². The van der Waals surface area contributed by atoms with E-state index in [2.05, 4.69) is 35.9 Å². The van der Waals surface area contributed by atoms with E-state index in [1.165, 1.54) is 10.4 Å². The maximum absolute atomic E-state index is 10.7. The Balaban J connectivity index is 2.03. The topological polar surface area (TPSA) is 67.2 Å². The summed E-state index contributed by atoms with van der Waals surface area (Å²) in [7, 11) is 0. The fourth-order valence-corrected chi connectivity index (χ4v) is 2.87. The first-order valence-corrected chi connectivity index (χ1v) is 6.91. The molecule has 0 saturated carbocycles. The van der Waals surface area contributed by atoms with E-state index in [0.717, 1.165) is 5.69 Å². The molecule has 1 atom stereocenters. The van der Waals surface area contributed by atoms with Crippen LogP contribution in [0.5, 0.6) is 0 Å². The summed E-state index contributed by atoms with van der Waals surface area (Å²) in [4.78, 5) is 12.1. The minimum absolute atomic E-state index is 0.259. The lowest BCUT2D eigenvalue weighted by molar-refractivity contribution is 0.259. The summed E-state index contributed by atoms with van der Waals surface area (Å²) in [6.07, 6.45) is 0. The van der Waals surface area contributed by atoms with Gasteiger partial charge in [-0.3, -0.25) is 0 Å². The first-order valence-electron chi connectivity index (χ1n) is 6.03. The van der Waals surface area contributed by atoms with Gasteiger partial charge in [0.2, 0.25) is 0 Å². The van der Waals surface area contributed by atoms with Crippen LogP contribution in [0.2, 0.25) is 0 Å². The Morgan fingerprint density at radius 2 is 1.84 bits per heavy atom. The third kappa shape index (κ3) is 3.48. The molecule has 2 rings (SSSR count). The van der Waals surface area contributed by atoms with Gasteiger partial charge in [0.15, 0.2) is 0 Å². The molecule has 0 aliphatic rings. The van der Waals surface area contributed by atoms with Gasteiger partial charge in [-0.2, -0.15) is 0 Å². The molecule has 0 aliphatic carbocycles. The number of hydrogen-bond acceptors (Lipinski definition) is 3. The van der Waals surface area contributed by atoms with Gasteiger partial charge >= 0.3 is 6.03 Å². The number of primary amides is 1. The van der Waals surface area contributed by atoms with Crippen LogP contribution in [0, 0.1) is 6.92 Å². The molecule has 4 N–H and O–H groups in total. The zero-order valence-electron chi connectivity index (χ0n) is 10.9. The SMILES string of the molecule is Cc1ccsc1C(C)Nc1ccc(NC(N)=O)cc1. The van der Waals surface area contributed by atoms with Gasteiger partial charge in [-0.1, -0.05) is 0 Å². The fraction of sp³-hybridized carbons (Fsp3) is 0.214. The highest BCUT2D eigenvalue weighted by Gasteiger charge is 2.09. The molecule has 0 fully saturated rings. The summed E-state index contributed by atoms with van der Waals surface area (Å²) in [5.41, 5.74) is 8.06. The number of carbonyl (C=O) groups is 1. The monoisotopic (exact) mass is 275 g/mol. The fourth-order valence-electron chi connectivity index (χ4n) is 1.94. The number of urea groups is 1. The van der Waals surface area contributed by atoms with Crippen molar-refractivity contribution in [3.8, 4) is 0 Å². The predicted molar refractivity (Wildman–Crippen MR) is 80.7 cm³/mol. The minimum atomic E-state index is -0.553. The van der Waals surface area contributed by atoms with Crippen molar-refractivity contribution < 1.29 is 4.79 Å². The van der Waals surface area contributed by atoms with Crippen molar-refractivity contribution in [3.05, 3.63) is 46.2 Å². The van der Waals surface area contributed by atoms with Crippen LogP contribution in [0.15, 0.2) is 35.7 Å². The Morgan fingerprint density at radius 1 is 1.21 bits per heavy atom. The summed E-state index contributed by atoms with van der Waals surface area (Å²) in [6.45, 7) is 4.25. The third-order valence-electron chi connectivity index (χ3n) is 2.83. The van der Waals surface area contributed by atoms with Gasteiger partial charge in [-0.25, -0.2) is 4.79 Å². The van der Waals surface area contributed by atoms with Crippen LogP contribution < -0.4 is 16.4 Å². The van der Waals surface area contributed by atoms with E-state index in [0.29, 0.717) is 5.69 Å². The van der Waals surface area contributed by atoms with Crippen molar-refractivity contribution >= 4 is 28.7 Å². The summed E-state index contributed by atoms with van der Waals surface area (Å²) >= 11 is 1.75. The molecule has 5 heteroatoms. The number of nitrogens with two attached hydrogens (primary N) is 1. The molecule has 2 amide bonds. The number of thiophene rings is 1. The van der Waals surface area contributed by atoms with Crippen molar-refractivity contribution in [2.75, 3.05) is 10.6 Å². The quantitative estimate of drug-likeness (QED) is 0.796. The number of carbonyl (C=O) groups excluding carboxylic acids is 1. The van der Waals surface area contributed by atoms with Crippen molar-refractivity contribution in [3.63, 3.8) is 0 Å². The van der Waals surface area contributed by atoms with Gasteiger partial charge in [0, 0.05) is 16.3 Å². The second kappa shape index (κ2) is 5.75. The van der Waals surface area contributed by atoms with Gasteiger partial charge in [0.1, 0.15) is 0 Å². The Morgan fingerprint density at radius 3 is 2.37 bits per heavy atom. The molecule has 0 aliphatic heterocycles. The van der Waals surface area contributed by atoms with Crippen LogP contribution in [0.25, 0.3) is 0 Å². The number of nitrogens with one attached hydrogen (secondary N) is 2. The Kier molecular flexibility index (Phi) is 4.06. The lowest BCUT2D eigenvalue weighted by atomic mass is 10.2. The average molecular weight is 275 g/mol. The lowest BCUT2D eigenvalue weighted by Crippen LogP contribution is -2.19. The number of benzene rings is 1. The zero-order chi connectivity index (χ0) is 13.8. The van der Waals surface area contributed by atoms with Gasteiger partial charge in [-0.05, 0) is 55.1 Å². The average Bonchev–Trinajstić information content (AvgIpc) is 2.77. The van der Waals surface area contributed by atoms with Crippen molar-refractivity contribution in [1.29, 1.82) is 0 Å². The maximum Gasteiger partial charge on any atom is 0.316 e. The molecule has 4 nitrogen and oxygen atoms in total. The molecule has 19 heavy (non-hydrogen) atoms. The lowest BCUT2D eigenvalue weighted by Gasteiger charge is -2.15. The van der Waals surface area contributed by atoms with E-state index in [9.17, 15) is 4.79 Å². The molecule has 0 radical (unpaired) electrons. The molecule has 0 spiro atoms. The minimum Gasteiger partial charge on any atom is -0.378 e. The van der Waals surface area contributed by atoms with Crippen LogP contribution in [0.1, 0.15) is 23.4 Å². The van der Waals surface area contributed by atoms with Gasteiger partial charge in [-0.15, -0.1) is 11.3 Å². The van der Waals surface area contributed by atoms with Gasteiger partial charge < -0.3 is 16.4 Å². The number of aryl methyl sites for hydroxylation is 1. The largest absolute Gasteiger partial charge is 0.378 e. The first-order chi connectivity index (χ1) is 9.06. The Hall–Kier alpha value is -2.01. The highest BCUT2D eigenvalue weighted by atomic mass is 32.1. The Labute approximate surface area is 116 Å². The molecule has 1 aromatic heterocycles. The molecular weight excluding hydrogens is 258 g/mol. The highest BCUT2D eigenvalue weighted by molar-refractivity contribution is 7.10. The maximum atomic E-state index is 10.7. The van der Waals surface area contributed by atoms with E-state index in [1.54, 1.807) is 11.3 Å². The van der Waals surface area contributed by atoms with E-state index in [1.807, 2.05) is 24.3 Å².